The van der Waals surface area contributed by atoms with Gasteiger partial charge in [0.2, 0.25) is 0 Å². The molecular formula is C9H11BrN2O. The lowest BCUT2D eigenvalue weighted by Gasteiger charge is -2.12. The fourth-order valence-corrected chi connectivity index (χ4v) is 1.71. The highest BCUT2D eigenvalue weighted by Gasteiger charge is 2.16. The smallest absolute Gasteiger partial charge is 0.151 e. The summed E-state index contributed by atoms with van der Waals surface area (Å²) >= 11 is 3.30. The van der Waals surface area contributed by atoms with Crippen LogP contribution in [0.4, 0.5) is 5.69 Å². The molecule has 0 radical (unpaired) electrons. The third kappa shape index (κ3) is 2.08. The highest BCUT2D eigenvalue weighted by Crippen LogP contribution is 2.27. The molecule has 13 heavy (non-hydrogen) atoms. The maximum absolute atomic E-state index is 11.0. The average molecular weight is 243 g/mol. The summed E-state index contributed by atoms with van der Waals surface area (Å²) in [6.45, 7) is 1.45. The zero-order valence-electron chi connectivity index (χ0n) is 7.25. The Hall–Kier alpha value is -0.870. The van der Waals surface area contributed by atoms with Gasteiger partial charge in [-0.25, -0.2) is 0 Å². The van der Waals surface area contributed by atoms with Gasteiger partial charge >= 0.3 is 0 Å². The topological polar surface area (TPSA) is 69.1 Å². The van der Waals surface area contributed by atoms with Crippen LogP contribution in [-0.2, 0) is 4.79 Å². The van der Waals surface area contributed by atoms with E-state index in [0.29, 0.717) is 11.3 Å². The van der Waals surface area contributed by atoms with Crippen LogP contribution in [0.15, 0.2) is 22.7 Å². The van der Waals surface area contributed by atoms with Crippen molar-refractivity contribution in [2.45, 2.75) is 13.0 Å². The number of hydrogen-bond acceptors (Lipinski definition) is 3. The van der Waals surface area contributed by atoms with Crippen molar-refractivity contribution in [3.63, 3.8) is 0 Å². The Morgan fingerprint density at radius 2 is 2.15 bits per heavy atom. The van der Waals surface area contributed by atoms with Gasteiger partial charge in [0.25, 0.3) is 0 Å². The number of halogens is 1. The number of anilines is 1. The first-order valence-corrected chi connectivity index (χ1v) is 4.63. The molecule has 1 unspecified atom stereocenters. The van der Waals surface area contributed by atoms with E-state index in [1.165, 1.54) is 6.92 Å². The van der Waals surface area contributed by atoms with Crippen LogP contribution in [0.5, 0.6) is 0 Å². The van der Waals surface area contributed by atoms with Crippen LogP contribution < -0.4 is 11.5 Å². The fourth-order valence-electron chi connectivity index (χ4n) is 1.09. The molecule has 1 aromatic rings. The van der Waals surface area contributed by atoms with Crippen LogP contribution >= 0.6 is 15.9 Å². The van der Waals surface area contributed by atoms with E-state index in [1.54, 1.807) is 12.1 Å². The van der Waals surface area contributed by atoms with E-state index in [-0.39, 0.29) is 5.78 Å². The first-order valence-electron chi connectivity index (χ1n) is 3.84. The number of ketones is 1. The van der Waals surface area contributed by atoms with Crippen LogP contribution in [0.1, 0.15) is 18.5 Å². The summed E-state index contributed by atoms with van der Waals surface area (Å²) in [6.07, 6.45) is 0. The maximum Gasteiger partial charge on any atom is 0.151 e. The number of nitrogens with two attached hydrogens (primary N) is 2. The minimum atomic E-state index is -0.643. The second-order valence-electron chi connectivity index (χ2n) is 2.83. The lowest BCUT2D eigenvalue weighted by Crippen LogP contribution is -2.20. The molecule has 0 fully saturated rings. The van der Waals surface area contributed by atoms with Gasteiger partial charge < -0.3 is 11.5 Å². The third-order valence-electron chi connectivity index (χ3n) is 1.84. The monoisotopic (exact) mass is 242 g/mol. The van der Waals surface area contributed by atoms with Crippen LogP contribution in [0, 0.1) is 0 Å². The van der Waals surface area contributed by atoms with E-state index < -0.39 is 6.04 Å². The summed E-state index contributed by atoms with van der Waals surface area (Å²) in [4.78, 5) is 11.0. The lowest BCUT2D eigenvalue weighted by molar-refractivity contribution is -0.118. The average Bonchev–Trinajstić information content (AvgIpc) is 2.03. The quantitative estimate of drug-likeness (QED) is 0.775. The second kappa shape index (κ2) is 3.89. The van der Waals surface area contributed by atoms with Gasteiger partial charge in [-0.2, -0.15) is 0 Å². The normalized spacial score (nSPS) is 12.5. The number of benzene rings is 1. The maximum atomic E-state index is 11.0. The van der Waals surface area contributed by atoms with E-state index >= 15 is 0 Å². The number of hydrogen-bond donors (Lipinski definition) is 2. The number of rotatable bonds is 2. The molecule has 0 heterocycles. The number of nitrogen functional groups attached to an aromatic ring is 1. The Balaban J connectivity index is 3.20. The third-order valence-corrected chi connectivity index (χ3v) is 2.53. The zero-order valence-corrected chi connectivity index (χ0v) is 8.84. The second-order valence-corrected chi connectivity index (χ2v) is 3.69. The molecule has 0 saturated heterocycles. The Kier molecular flexibility index (Phi) is 3.06. The molecule has 1 aromatic carbocycles. The molecule has 0 saturated carbocycles. The molecule has 0 aliphatic heterocycles. The van der Waals surface area contributed by atoms with Crippen molar-refractivity contribution in [2.24, 2.45) is 5.73 Å². The van der Waals surface area contributed by atoms with Crippen molar-refractivity contribution in [1.82, 2.24) is 0 Å². The zero-order chi connectivity index (χ0) is 10.0. The van der Waals surface area contributed by atoms with Crippen LogP contribution in [0.25, 0.3) is 0 Å². The molecule has 70 valence electrons. The van der Waals surface area contributed by atoms with Gasteiger partial charge in [0.15, 0.2) is 5.78 Å². The highest BCUT2D eigenvalue weighted by molar-refractivity contribution is 9.10. The standard InChI is InChI=1S/C9H11BrN2O/c1-5(13)9(12)8-6(10)3-2-4-7(8)11/h2-4,9H,11-12H2,1H3. The SMILES string of the molecule is CC(=O)C(N)c1c(N)cccc1Br. The summed E-state index contributed by atoms with van der Waals surface area (Å²) in [7, 11) is 0. The molecule has 0 aliphatic carbocycles. The van der Waals surface area contributed by atoms with Crippen molar-refractivity contribution >= 4 is 27.4 Å². The van der Waals surface area contributed by atoms with Crippen LogP contribution in [0.3, 0.4) is 0 Å². The molecule has 0 spiro atoms. The molecule has 4 heteroatoms. The van der Waals surface area contributed by atoms with Crippen molar-refractivity contribution < 1.29 is 4.79 Å². The Bertz CT molecular complexity index is 318. The summed E-state index contributed by atoms with van der Waals surface area (Å²) in [6, 6.07) is 4.70. The van der Waals surface area contributed by atoms with Crippen molar-refractivity contribution in [1.29, 1.82) is 0 Å². The Labute approximate surface area is 85.2 Å². The molecule has 3 nitrogen and oxygen atoms in total. The van der Waals surface area contributed by atoms with Crippen molar-refractivity contribution in [3.8, 4) is 0 Å². The molecule has 0 amide bonds. The molecule has 1 rings (SSSR count). The van der Waals surface area contributed by atoms with E-state index in [1.807, 2.05) is 6.07 Å². The largest absolute Gasteiger partial charge is 0.398 e. The Morgan fingerprint density at radius 1 is 1.54 bits per heavy atom. The lowest BCUT2D eigenvalue weighted by atomic mass is 10.0. The molecule has 0 aliphatic rings. The van der Waals surface area contributed by atoms with Crippen LogP contribution in [0.2, 0.25) is 0 Å². The van der Waals surface area contributed by atoms with Gasteiger partial charge in [-0.1, -0.05) is 22.0 Å². The molecule has 0 aromatic heterocycles. The number of carbonyl (C=O) groups is 1. The fraction of sp³-hybridized carbons (Fsp3) is 0.222. The minimum absolute atomic E-state index is 0.0985. The van der Waals surface area contributed by atoms with Gasteiger partial charge in [-0.05, 0) is 19.1 Å². The van der Waals surface area contributed by atoms with E-state index in [0.717, 1.165) is 4.47 Å². The van der Waals surface area contributed by atoms with Crippen molar-refractivity contribution in [2.75, 3.05) is 5.73 Å². The van der Waals surface area contributed by atoms with Gasteiger partial charge in [0, 0.05) is 15.7 Å². The van der Waals surface area contributed by atoms with Crippen molar-refractivity contribution in [3.05, 3.63) is 28.2 Å². The first kappa shape index (κ1) is 10.2. The molecular weight excluding hydrogens is 232 g/mol. The van der Waals surface area contributed by atoms with E-state index in [4.69, 9.17) is 11.5 Å². The number of Topliss-reactive ketones (excluding diaryl/α,β-unsaturated/α-hetero) is 1. The predicted octanol–water partition coefficient (Wildman–Crippen LogP) is 1.62. The van der Waals surface area contributed by atoms with Gasteiger partial charge in [-0.3, -0.25) is 4.79 Å². The number of carbonyl (C=O) groups excluding carboxylic acids is 1. The summed E-state index contributed by atoms with van der Waals surface area (Å²) in [5.74, 6) is -0.0985. The van der Waals surface area contributed by atoms with Crippen LogP contribution in [-0.4, -0.2) is 5.78 Å². The van der Waals surface area contributed by atoms with E-state index in [9.17, 15) is 4.79 Å². The minimum Gasteiger partial charge on any atom is -0.398 e. The van der Waals surface area contributed by atoms with Gasteiger partial charge in [-0.15, -0.1) is 0 Å². The van der Waals surface area contributed by atoms with Gasteiger partial charge in [0.05, 0.1) is 6.04 Å². The summed E-state index contributed by atoms with van der Waals surface area (Å²) in [5.41, 5.74) is 12.6. The Morgan fingerprint density at radius 3 is 2.62 bits per heavy atom. The van der Waals surface area contributed by atoms with E-state index in [2.05, 4.69) is 15.9 Å². The predicted molar refractivity (Wildman–Crippen MR) is 56.2 cm³/mol. The van der Waals surface area contributed by atoms with Gasteiger partial charge in [0.1, 0.15) is 0 Å². The first-order chi connectivity index (χ1) is 6.04. The molecule has 0 bridgehead atoms. The highest BCUT2D eigenvalue weighted by atomic mass is 79.9. The molecule has 4 N–H and O–H groups in total. The molecule has 1 atom stereocenters. The summed E-state index contributed by atoms with van der Waals surface area (Å²) in [5, 5.41) is 0. The summed E-state index contributed by atoms with van der Waals surface area (Å²) < 4.78 is 0.773.